The molecular weight excluding hydrogens is 550 g/mol. The number of nitrogens with zero attached hydrogens (tertiary/aromatic N) is 2. The average Bonchev–Trinajstić information content (AvgIpc) is 2.98. The van der Waals surface area contributed by atoms with Gasteiger partial charge in [0, 0.05) is 12.6 Å². The lowest BCUT2D eigenvalue weighted by Gasteiger charge is -2.33. The fourth-order valence-corrected chi connectivity index (χ4v) is 6.07. The number of carbonyl (C=O) groups excluding carboxylic acids is 2. The van der Waals surface area contributed by atoms with Gasteiger partial charge in [0.05, 0.1) is 11.9 Å². The number of anilines is 1. The molecule has 3 aromatic carbocycles. The molecule has 1 N–H and O–H groups in total. The molecule has 0 saturated heterocycles. The highest BCUT2D eigenvalue weighted by Crippen LogP contribution is 2.24. The zero-order valence-electron chi connectivity index (χ0n) is 24.7. The topological polar surface area (TPSA) is 96.0 Å². The molecule has 4 rings (SSSR count). The lowest BCUT2D eigenvalue weighted by Crippen LogP contribution is -2.52. The SMILES string of the molecule is Cc1cccc(CN(C(=O)CN(c2ccc(OCc3ccccc3)cc2)S(C)(=O)=O)C(C)C(=O)NC2CCCCC2)c1. The Morgan fingerprint density at radius 2 is 1.60 bits per heavy atom. The quantitative estimate of drug-likeness (QED) is 0.312. The smallest absolute Gasteiger partial charge is 0.244 e. The summed E-state index contributed by atoms with van der Waals surface area (Å²) in [5.41, 5.74) is 3.26. The molecule has 8 nitrogen and oxygen atoms in total. The van der Waals surface area contributed by atoms with Crippen molar-refractivity contribution in [2.75, 3.05) is 17.1 Å². The molecule has 9 heteroatoms. The average molecular weight is 592 g/mol. The third-order valence-corrected chi connectivity index (χ3v) is 8.75. The van der Waals surface area contributed by atoms with E-state index in [-0.39, 0.29) is 18.5 Å². The first kappa shape index (κ1) is 31.1. The molecule has 1 saturated carbocycles. The molecule has 0 radical (unpaired) electrons. The van der Waals surface area contributed by atoms with Crippen molar-refractivity contribution in [3.63, 3.8) is 0 Å². The maximum atomic E-state index is 13.8. The van der Waals surface area contributed by atoms with Gasteiger partial charge in [-0.15, -0.1) is 0 Å². The first-order valence-corrected chi connectivity index (χ1v) is 16.3. The van der Waals surface area contributed by atoms with Gasteiger partial charge in [0.1, 0.15) is 24.9 Å². The zero-order chi connectivity index (χ0) is 30.1. The molecule has 3 aromatic rings. The second-order valence-electron chi connectivity index (χ2n) is 11.1. The highest BCUT2D eigenvalue weighted by Gasteiger charge is 2.31. The van der Waals surface area contributed by atoms with Crippen molar-refractivity contribution in [3.05, 3.63) is 95.6 Å². The molecule has 0 aromatic heterocycles. The Morgan fingerprint density at radius 3 is 2.24 bits per heavy atom. The van der Waals surface area contributed by atoms with Crippen LogP contribution >= 0.6 is 0 Å². The molecule has 1 aliphatic carbocycles. The minimum Gasteiger partial charge on any atom is -0.489 e. The highest BCUT2D eigenvalue weighted by molar-refractivity contribution is 7.92. The van der Waals surface area contributed by atoms with Gasteiger partial charge < -0.3 is 15.0 Å². The Bertz CT molecular complexity index is 1440. The number of ether oxygens (including phenoxy) is 1. The van der Waals surface area contributed by atoms with Gasteiger partial charge in [0.2, 0.25) is 21.8 Å². The molecule has 1 aliphatic rings. The van der Waals surface area contributed by atoms with Gasteiger partial charge >= 0.3 is 0 Å². The molecule has 0 heterocycles. The van der Waals surface area contributed by atoms with E-state index in [1.54, 1.807) is 31.2 Å². The number of amides is 2. The van der Waals surface area contributed by atoms with Crippen LogP contribution in [-0.4, -0.2) is 50.0 Å². The number of sulfonamides is 1. The lowest BCUT2D eigenvalue weighted by molar-refractivity contribution is -0.139. The Balaban J connectivity index is 1.52. The van der Waals surface area contributed by atoms with E-state index < -0.39 is 28.5 Å². The Morgan fingerprint density at radius 1 is 0.929 bits per heavy atom. The normalized spacial score (nSPS) is 14.5. The third kappa shape index (κ3) is 8.82. The second-order valence-corrected chi connectivity index (χ2v) is 13.0. The Kier molecular flexibility index (Phi) is 10.6. The van der Waals surface area contributed by atoms with Crippen LogP contribution in [0.15, 0.2) is 78.9 Å². The summed E-state index contributed by atoms with van der Waals surface area (Å²) in [4.78, 5) is 28.6. The van der Waals surface area contributed by atoms with Gasteiger partial charge in [-0.3, -0.25) is 13.9 Å². The monoisotopic (exact) mass is 591 g/mol. The predicted octanol–water partition coefficient (Wildman–Crippen LogP) is 5.21. The van der Waals surface area contributed by atoms with Crippen LogP contribution in [-0.2, 0) is 32.8 Å². The molecular formula is C33H41N3O5S. The summed E-state index contributed by atoms with van der Waals surface area (Å²) in [5, 5.41) is 3.12. The van der Waals surface area contributed by atoms with Crippen LogP contribution < -0.4 is 14.4 Å². The zero-order valence-corrected chi connectivity index (χ0v) is 25.5. The van der Waals surface area contributed by atoms with E-state index in [2.05, 4.69) is 5.32 Å². The molecule has 1 atom stereocenters. The van der Waals surface area contributed by atoms with Gasteiger partial charge in [-0.25, -0.2) is 8.42 Å². The number of hydrogen-bond acceptors (Lipinski definition) is 5. The van der Waals surface area contributed by atoms with E-state index in [0.29, 0.717) is 18.0 Å². The van der Waals surface area contributed by atoms with Crippen molar-refractivity contribution < 1.29 is 22.7 Å². The highest BCUT2D eigenvalue weighted by atomic mass is 32.2. The van der Waals surface area contributed by atoms with E-state index in [9.17, 15) is 18.0 Å². The van der Waals surface area contributed by atoms with Gasteiger partial charge in [0.25, 0.3) is 0 Å². The summed E-state index contributed by atoms with van der Waals surface area (Å²) in [6.45, 7) is 3.80. The van der Waals surface area contributed by atoms with Crippen LogP contribution in [0.1, 0.15) is 55.7 Å². The number of nitrogens with one attached hydrogen (secondary N) is 1. The van der Waals surface area contributed by atoms with E-state index in [1.165, 1.54) is 11.3 Å². The minimum atomic E-state index is -3.82. The number of carbonyl (C=O) groups is 2. The molecule has 1 fully saturated rings. The molecule has 0 bridgehead atoms. The molecule has 224 valence electrons. The number of hydrogen-bond donors (Lipinski definition) is 1. The number of rotatable bonds is 12. The predicted molar refractivity (Wildman–Crippen MR) is 166 cm³/mol. The maximum absolute atomic E-state index is 13.8. The number of aryl methyl sites for hydroxylation is 1. The molecule has 0 spiro atoms. The molecule has 0 aliphatic heterocycles. The summed E-state index contributed by atoms with van der Waals surface area (Å²) in [6, 6.07) is 23.4. The van der Waals surface area contributed by atoms with Crippen molar-refractivity contribution >= 4 is 27.5 Å². The Labute approximate surface area is 249 Å². The van der Waals surface area contributed by atoms with E-state index in [4.69, 9.17) is 4.74 Å². The maximum Gasteiger partial charge on any atom is 0.244 e. The largest absolute Gasteiger partial charge is 0.489 e. The van der Waals surface area contributed by atoms with Crippen LogP contribution in [0.2, 0.25) is 0 Å². The number of benzene rings is 3. The second kappa shape index (κ2) is 14.4. The summed E-state index contributed by atoms with van der Waals surface area (Å²) in [6.07, 6.45) is 6.25. The van der Waals surface area contributed by atoms with Gasteiger partial charge in [-0.1, -0.05) is 79.4 Å². The molecule has 1 unspecified atom stereocenters. The van der Waals surface area contributed by atoms with E-state index >= 15 is 0 Å². The van der Waals surface area contributed by atoms with Crippen LogP contribution in [0, 0.1) is 6.92 Å². The van der Waals surface area contributed by atoms with E-state index in [0.717, 1.165) is 52.9 Å². The van der Waals surface area contributed by atoms with Gasteiger partial charge in [-0.2, -0.15) is 0 Å². The van der Waals surface area contributed by atoms with Crippen LogP contribution in [0.4, 0.5) is 5.69 Å². The van der Waals surface area contributed by atoms with Crippen LogP contribution in [0.5, 0.6) is 5.75 Å². The van der Waals surface area contributed by atoms with Crippen LogP contribution in [0.3, 0.4) is 0 Å². The Hall–Kier alpha value is -3.85. The third-order valence-electron chi connectivity index (χ3n) is 7.61. The lowest BCUT2D eigenvalue weighted by atomic mass is 9.95. The summed E-state index contributed by atoms with van der Waals surface area (Å²) >= 11 is 0. The minimum absolute atomic E-state index is 0.0970. The summed E-state index contributed by atoms with van der Waals surface area (Å²) in [5.74, 6) is -0.109. The first-order valence-electron chi connectivity index (χ1n) is 14.5. The summed E-state index contributed by atoms with van der Waals surface area (Å²) < 4.78 is 32.7. The standard InChI is InChI=1S/C33H41N3O5S/c1-25-11-10-14-28(21-25)22-35(26(2)33(38)34-29-15-8-5-9-16-29)32(37)23-36(42(3,39)40)30-17-19-31(20-18-30)41-24-27-12-6-4-7-13-27/h4,6-7,10-14,17-21,26,29H,5,8-9,15-16,22-24H2,1-3H3,(H,34,38). The van der Waals surface area contributed by atoms with Crippen LogP contribution in [0.25, 0.3) is 0 Å². The first-order chi connectivity index (χ1) is 20.1. The fourth-order valence-electron chi connectivity index (χ4n) is 5.22. The molecule has 2 amide bonds. The van der Waals surface area contributed by atoms with Gasteiger partial charge in [-0.05, 0) is 62.1 Å². The van der Waals surface area contributed by atoms with Crippen molar-refractivity contribution in [1.29, 1.82) is 0 Å². The van der Waals surface area contributed by atoms with Crippen molar-refractivity contribution in [1.82, 2.24) is 10.2 Å². The fraction of sp³-hybridized carbons (Fsp3) is 0.394. The molecule has 42 heavy (non-hydrogen) atoms. The van der Waals surface area contributed by atoms with Crippen molar-refractivity contribution in [3.8, 4) is 5.75 Å². The van der Waals surface area contributed by atoms with Crippen molar-refractivity contribution in [2.24, 2.45) is 0 Å². The van der Waals surface area contributed by atoms with Gasteiger partial charge in [0.15, 0.2) is 0 Å². The van der Waals surface area contributed by atoms with E-state index in [1.807, 2.05) is 61.5 Å². The van der Waals surface area contributed by atoms with Crippen molar-refractivity contribution in [2.45, 2.75) is 71.2 Å². The summed E-state index contributed by atoms with van der Waals surface area (Å²) in [7, 11) is -3.82.